The summed E-state index contributed by atoms with van der Waals surface area (Å²) in [5, 5.41) is 10.5. The largest absolute Gasteiger partial charge is 0.422 e. The van der Waals surface area contributed by atoms with Crippen molar-refractivity contribution < 1.29 is 27.1 Å². The maximum absolute atomic E-state index is 13.9. The van der Waals surface area contributed by atoms with Gasteiger partial charge in [0.25, 0.3) is 0 Å². The molecule has 0 bridgehead atoms. The van der Waals surface area contributed by atoms with Gasteiger partial charge in [-0.2, -0.15) is 13.2 Å². The maximum Gasteiger partial charge on any atom is 0.422 e. The molecule has 1 heterocycles. The molecular weight excluding hydrogens is 487 g/mol. The summed E-state index contributed by atoms with van der Waals surface area (Å²) >= 11 is 0. The smallest absolute Gasteiger partial charge is 0.380 e. The van der Waals surface area contributed by atoms with Crippen molar-refractivity contribution in [3.63, 3.8) is 0 Å². The Balaban J connectivity index is 1.39. The molecule has 2 aliphatic rings. The van der Waals surface area contributed by atoms with Crippen molar-refractivity contribution in [2.24, 2.45) is 11.8 Å². The van der Waals surface area contributed by atoms with Crippen molar-refractivity contribution in [3.05, 3.63) is 34.9 Å². The molecule has 1 atom stereocenters. The predicted molar refractivity (Wildman–Crippen MR) is 138 cm³/mol. The van der Waals surface area contributed by atoms with Crippen LogP contribution in [0.3, 0.4) is 0 Å². The van der Waals surface area contributed by atoms with Crippen LogP contribution in [-0.4, -0.2) is 20.0 Å². The van der Waals surface area contributed by atoms with E-state index in [1.807, 2.05) is 0 Å². The molecule has 1 saturated carbocycles. The molecule has 202 valence electrons. The van der Waals surface area contributed by atoms with Gasteiger partial charge in [0, 0.05) is 14.7 Å². The van der Waals surface area contributed by atoms with Gasteiger partial charge in [0.15, 0.2) is 0 Å². The highest BCUT2D eigenvalue weighted by molar-refractivity contribution is 6.58. The summed E-state index contributed by atoms with van der Waals surface area (Å²) in [6, 6.07) is 5.93. The van der Waals surface area contributed by atoms with Crippen LogP contribution in [-0.2, 0) is 6.18 Å². The van der Waals surface area contributed by atoms with E-state index in [2.05, 4.69) is 18.8 Å². The minimum absolute atomic E-state index is 0.107. The Morgan fingerprint density at radius 2 is 1.56 bits per heavy atom. The van der Waals surface area contributed by atoms with Crippen LogP contribution < -0.4 is 0 Å². The first-order chi connectivity index (χ1) is 17.2. The molecule has 0 spiro atoms. The van der Waals surface area contributed by atoms with Gasteiger partial charge in [0.2, 0.25) is 0 Å². The third kappa shape index (κ3) is 8.87. The molecule has 1 aliphatic heterocycles. The van der Waals surface area contributed by atoms with E-state index in [1.54, 1.807) is 0 Å². The van der Waals surface area contributed by atoms with E-state index >= 15 is 0 Å². The Morgan fingerprint density at radius 1 is 0.944 bits per heavy atom. The molecule has 1 N–H and O–H groups in total. The van der Waals surface area contributed by atoms with Crippen molar-refractivity contribution in [1.82, 2.24) is 0 Å². The lowest BCUT2D eigenvalue weighted by Gasteiger charge is -2.28. The van der Waals surface area contributed by atoms with Gasteiger partial charge in [-0.15, -0.1) is 0 Å². The van der Waals surface area contributed by atoms with Crippen LogP contribution in [0.2, 0.25) is 18.1 Å². The summed E-state index contributed by atoms with van der Waals surface area (Å²) < 4.78 is 66.3. The molecule has 1 nitrogen and oxygen atoms in total. The fourth-order valence-electron chi connectivity index (χ4n) is 6.05. The number of halogens is 5. The molecule has 0 radical (unpaired) electrons. The molecule has 1 aromatic carbocycles. The first kappa shape index (κ1) is 29.2. The third-order valence-corrected chi connectivity index (χ3v) is 11.8. The van der Waals surface area contributed by atoms with Gasteiger partial charge in [-0.1, -0.05) is 81.8 Å². The summed E-state index contributed by atoms with van der Waals surface area (Å²) in [7, 11) is -0.571. The highest BCUT2D eigenvalue weighted by Crippen LogP contribution is 2.39. The van der Waals surface area contributed by atoms with E-state index in [9.17, 15) is 27.1 Å². The Labute approximate surface area is 214 Å². The van der Waals surface area contributed by atoms with Crippen LogP contribution >= 0.6 is 0 Å². The Kier molecular flexibility index (Phi) is 11.3. The van der Waals surface area contributed by atoms with Crippen molar-refractivity contribution >= 4 is 8.80 Å². The number of hydrogen-bond donors (Lipinski definition) is 1. The van der Waals surface area contributed by atoms with Gasteiger partial charge < -0.3 is 5.11 Å². The summed E-state index contributed by atoms with van der Waals surface area (Å²) in [6.07, 6.45) is 7.01. The molecule has 36 heavy (non-hydrogen) atoms. The van der Waals surface area contributed by atoms with Crippen LogP contribution in [0.5, 0.6) is 0 Å². The van der Waals surface area contributed by atoms with Crippen LogP contribution in [0.4, 0.5) is 22.0 Å². The fraction of sp³-hybridized carbons (Fsp3) is 0.724. The van der Waals surface area contributed by atoms with E-state index in [0.717, 1.165) is 18.6 Å². The molecule has 1 saturated heterocycles. The maximum atomic E-state index is 13.9. The molecule has 0 amide bonds. The summed E-state index contributed by atoms with van der Waals surface area (Å²) in [5.41, 5.74) is -1.54. The van der Waals surface area contributed by atoms with Crippen molar-refractivity contribution in [2.75, 3.05) is 0 Å². The zero-order valence-corrected chi connectivity index (χ0v) is 22.6. The molecule has 1 aromatic rings. The standard InChI is InChI=1S/C29H41F5OSi/c1-2-3-4-5-6-15-36-16-13-22(14-17-36)18-25(35)12-9-21-7-10-23(11-8-21)24-19-26(30)28(27(31)20-24)29(32,33)34/h19-23,25,35-36H,2-8,10-11,13-18H2,1H3/t21-,22?,23-,25?,36?. The van der Waals surface area contributed by atoms with Gasteiger partial charge in [-0.3, -0.25) is 0 Å². The highest BCUT2D eigenvalue weighted by atomic mass is 28.3. The number of aliphatic hydroxyl groups is 1. The van der Waals surface area contributed by atoms with E-state index in [-0.39, 0.29) is 17.4 Å². The average Bonchev–Trinajstić information content (AvgIpc) is 2.82. The quantitative estimate of drug-likeness (QED) is 0.147. The number of rotatable bonds is 9. The van der Waals surface area contributed by atoms with E-state index in [4.69, 9.17) is 0 Å². The summed E-state index contributed by atoms with van der Waals surface area (Å²) in [6.45, 7) is 2.25. The van der Waals surface area contributed by atoms with Crippen LogP contribution in [0.25, 0.3) is 0 Å². The van der Waals surface area contributed by atoms with Crippen LogP contribution in [0.15, 0.2) is 12.1 Å². The predicted octanol–water partition coefficient (Wildman–Crippen LogP) is 8.62. The first-order valence-corrected chi connectivity index (χ1v) is 16.4. The second-order valence-electron chi connectivity index (χ2n) is 11.0. The number of unbranched alkanes of at least 4 members (excludes halogenated alkanes) is 4. The van der Waals surface area contributed by atoms with Gasteiger partial charge in [-0.25, -0.2) is 8.78 Å². The number of alkyl halides is 3. The third-order valence-electron chi connectivity index (χ3n) is 8.24. The zero-order chi connectivity index (χ0) is 26.1. The second kappa shape index (κ2) is 14.0. The first-order valence-electron chi connectivity index (χ1n) is 13.9. The summed E-state index contributed by atoms with van der Waals surface area (Å²) in [4.78, 5) is 0. The second-order valence-corrected chi connectivity index (χ2v) is 14.5. The summed E-state index contributed by atoms with van der Waals surface area (Å²) in [5.74, 6) is 3.63. The van der Waals surface area contributed by atoms with E-state index in [0.29, 0.717) is 31.6 Å². The number of aliphatic hydroxyl groups excluding tert-OH is 1. The molecule has 1 unspecified atom stereocenters. The Bertz CT molecular complexity index is 851. The lowest BCUT2D eigenvalue weighted by molar-refractivity contribution is -0.142. The monoisotopic (exact) mass is 528 g/mol. The van der Waals surface area contributed by atoms with Gasteiger partial charge >= 0.3 is 6.18 Å². The normalized spacial score (nSPS) is 25.8. The lowest BCUT2D eigenvalue weighted by Crippen LogP contribution is -2.23. The minimum atomic E-state index is -5.05. The topological polar surface area (TPSA) is 20.2 Å². The van der Waals surface area contributed by atoms with Crippen LogP contribution in [0, 0.1) is 35.3 Å². The van der Waals surface area contributed by atoms with Gasteiger partial charge in [0.1, 0.15) is 23.3 Å². The van der Waals surface area contributed by atoms with E-state index in [1.165, 1.54) is 63.1 Å². The highest BCUT2D eigenvalue weighted by Gasteiger charge is 2.38. The van der Waals surface area contributed by atoms with Crippen molar-refractivity contribution in [1.29, 1.82) is 0 Å². The SMILES string of the molecule is CCCCCCC[SiH]1CCC(CC(O)C#C[C@H]2CC[C@H](c3cc(F)c(C(F)(F)F)c(F)c3)CC2)CC1. The zero-order valence-electron chi connectivity index (χ0n) is 21.5. The lowest BCUT2D eigenvalue weighted by atomic mass is 9.78. The molecule has 2 fully saturated rings. The van der Waals surface area contributed by atoms with E-state index < -0.39 is 38.3 Å². The number of hydrogen-bond acceptors (Lipinski definition) is 1. The molecule has 7 heteroatoms. The Hall–Kier alpha value is -1.39. The number of benzene rings is 1. The minimum Gasteiger partial charge on any atom is -0.380 e. The van der Waals surface area contributed by atoms with Gasteiger partial charge in [-0.05, 0) is 61.6 Å². The molecule has 3 rings (SSSR count). The fourth-order valence-corrected chi connectivity index (χ4v) is 9.67. The average molecular weight is 529 g/mol. The molecule has 0 aromatic heterocycles. The molecular formula is C29H41F5OSi. The van der Waals surface area contributed by atoms with Crippen molar-refractivity contribution in [2.45, 2.75) is 120 Å². The Morgan fingerprint density at radius 3 is 2.14 bits per heavy atom. The van der Waals surface area contributed by atoms with Crippen LogP contribution in [0.1, 0.15) is 101 Å². The van der Waals surface area contributed by atoms with Crippen molar-refractivity contribution in [3.8, 4) is 11.8 Å². The molecule has 1 aliphatic carbocycles. The van der Waals surface area contributed by atoms with Gasteiger partial charge in [0.05, 0.1) is 0 Å².